The van der Waals surface area contributed by atoms with E-state index in [1.54, 1.807) is 25.1 Å². The first kappa shape index (κ1) is 15.8. The van der Waals surface area contributed by atoms with E-state index in [0.717, 1.165) is 12.8 Å². The second kappa shape index (κ2) is 6.17. The van der Waals surface area contributed by atoms with Crippen molar-refractivity contribution in [3.05, 3.63) is 53.5 Å². The first-order chi connectivity index (χ1) is 11.0. The van der Waals surface area contributed by atoms with Crippen molar-refractivity contribution in [2.24, 2.45) is 0 Å². The fourth-order valence-electron chi connectivity index (χ4n) is 2.18. The molecule has 3 rings (SSSR count). The van der Waals surface area contributed by atoms with E-state index in [0.29, 0.717) is 16.9 Å². The highest BCUT2D eigenvalue weighted by atomic mass is 32.2. The van der Waals surface area contributed by atoms with E-state index in [2.05, 4.69) is 10.0 Å². The summed E-state index contributed by atoms with van der Waals surface area (Å²) in [6.07, 6.45) is 3.26. The average Bonchev–Trinajstić information content (AvgIpc) is 3.15. The number of hydrogen-bond donors (Lipinski definition) is 2. The predicted octanol–water partition coefficient (Wildman–Crippen LogP) is 1.96. The van der Waals surface area contributed by atoms with Crippen LogP contribution in [-0.4, -0.2) is 20.4 Å². The van der Waals surface area contributed by atoms with Crippen molar-refractivity contribution >= 4 is 15.9 Å². The van der Waals surface area contributed by atoms with E-state index in [9.17, 15) is 13.2 Å². The summed E-state index contributed by atoms with van der Waals surface area (Å²) in [6, 6.07) is 8.10. The van der Waals surface area contributed by atoms with Crippen LogP contribution in [-0.2, 0) is 16.6 Å². The Hall–Kier alpha value is -2.12. The van der Waals surface area contributed by atoms with Gasteiger partial charge < -0.3 is 9.73 Å². The summed E-state index contributed by atoms with van der Waals surface area (Å²) in [4.78, 5) is 12.4. The quantitative estimate of drug-likeness (QED) is 0.845. The van der Waals surface area contributed by atoms with Crippen molar-refractivity contribution in [2.75, 3.05) is 0 Å². The third-order valence-corrected chi connectivity index (χ3v) is 5.18. The zero-order valence-electron chi connectivity index (χ0n) is 12.7. The molecule has 0 unspecified atom stereocenters. The Bertz CT molecular complexity index is 809. The molecule has 1 fully saturated rings. The Labute approximate surface area is 134 Å². The highest BCUT2D eigenvalue weighted by Crippen LogP contribution is 2.23. The van der Waals surface area contributed by atoms with Gasteiger partial charge in [-0.3, -0.25) is 4.79 Å². The van der Waals surface area contributed by atoms with Gasteiger partial charge in [-0.25, -0.2) is 13.1 Å². The summed E-state index contributed by atoms with van der Waals surface area (Å²) in [6.45, 7) is 2.02. The van der Waals surface area contributed by atoms with Gasteiger partial charge in [0, 0.05) is 11.6 Å². The molecule has 6 nitrogen and oxygen atoms in total. The van der Waals surface area contributed by atoms with Gasteiger partial charge in [0.15, 0.2) is 0 Å². The van der Waals surface area contributed by atoms with Gasteiger partial charge in [-0.15, -0.1) is 0 Å². The van der Waals surface area contributed by atoms with E-state index in [1.165, 1.54) is 18.4 Å². The number of aryl methyl sites for hydroxylation is 1. The molecule has 122 valence electrons. The molecule has 0 aliphatic heterocycles. The summed E-state index contributed by atoms with van der Waals surface area (Å²) in [7, 11) is -3.58. The zero-order chi connectivity index (χ0) is 16.4. The Morgan fingerprint density at radius 1 is 1.30 bits per heavy atom. The maximum absolute atomic E-state index is 12.3. The average molecular weight is 334 g/mol. The first-order valence-corrected chi connectivity index (χ1v) is 8.87. The van der Waals surface area contributed by atoms with Crippen molar-refractivity contribution in [1.29, 1.82) is 0 Å². The number of hydrogen-bond acceptors (Lipinski definition) is 4. The maximum atomic E-state index is 12.3. The standard InChI is InChI=1S/C16H18N2O4S/c1-11-4-7-14(23(20,21)18-12-5-6-12)9-15(11)16(19)17-10-13-3-2-8-22-13/h2-4,7-9,12,18H,5-6,10H2,1H3,(H,17,19). The predicted molar refractivity (Wildman–Crippen MR) is 84.4 cm³/mol. The van der Waals surface area contributed by atoms with Crippen LogP contribution in [0.5, 0.6) is 0 Å². The third kappa shape index (κ3) is 3.80. The number of furan rings is 1. The molecule has 1 aliphatic rings. The van der Waals surface area contributed by atoms with Crippen molar-refractivity contribution in [3.8, 4) is 0 Å². The van der Waals surface area contributed by atoms with Gasteiger partial charge in [-0.1, -0.05) is 6.07 Å². The molecule has 2 N–H and O–H groups in total. The first-order valence-electron chi connectivity index (χ1n) is 7.39. The Balaban J connectivity index is 1.78. The lowest BCUT2D eigenvalue weighted by molar-refractivity contribution is 0.0947. The van der Waals surface area contributed by atoms with Crippen LogP contribution in [0.1, 0.15) is 34.5 Å². The van der Waals surface area contributed by atoms with Gasteiger partial charge in [-0.05, 0) is 49.6 Å². The summed E-state index contributed by atoms with van der Waals surface area (Å²) >= 11 is 0. The number of nitrogens with one attached hydrogen (secondary N) is 2. The molecule has 1 heterocycles. The summed E-state index contributed by atoms with van der Waals surface area (Å²) < 4.78 is 32.3. The van der Waals surface area contributed by atoms with Crippen LogP contribution in [0.4, 0.5) is 0 Å². The number of benzene rings is 1. The lowest BCUT2D eigenvalue weighted by Crippen LogP contribution is -2.27. The summed E-state index contributed by atoms with van der Waals surface area (Å²) in [5, 5.41) is 2.73. The molecule has 0 atom stereocenters. The zero-order valence-corrected chi connectivity index (χ0v) is 13.5. The van der Waals surface area contributed by atoms with Crippen LogP contribution in [0.2, 0.25) is 0 Å². The van der Waals surface area contributed by atoms with E-state index < -0.39 is 10.0 Å². The van der Waals surface area contributed by atoms with Crippen LogP contribution in [0.25, 0.3) is 0 Å². The molecule has 0 spiro atoms. The topological polar surface area (TPSA) is 88.4 Å². The Morgan fingerprint density at radius 3 is 2.74 bits per heavy atom. The van der Waals surface area contributed by atoms with Gasteiger partial charge in [0.05, 0.1) is 17.7 Å². The van der Waals surface area contributed by atoms with Crippen LogP contribution in [0.15, 0.2) is 45.9 Å². The summed E-state index contributed by atoms with van der Waals surface area (Å²) in [5.41, 5.74) is 1.06. The van der Waals surface area contributed by atoms with Gasteiger partial charge in [-0.2, -0.15) is 0 Å². The highest BCUT2D eigenvalue weighted by Gasteiger charge is 2.28. The molecule has 1 amide bonds. The molecule has 0 saturated heterocycles. The SMILES string of the molecule is Cc1ccc(S(=O)(=O)NC2CC2)cc1C(=O)NCc1ccco1. The molecule has 2 aromatic rings. The lowest BCUT2D eigenvalue weighted by Gasteiger charge is -2.10. The molecule has 1 aromatic carbocycles. The molecule has 23 heavy (non-hydrogen) atoms. The Morgan fingerprint density at radius 2 is 2.09 bits per heavy atom. The smallest absolute Gasteiger partial charge is 0.251 e. The monoisotopic (exact) mass is 334 g/mol. The van der Waals surface area contributed by atoms with Crippen LogP contribution in [0, 0.1) is 6.92 Å². The largest absolute Gasteiger partial charge is 0.467 e. The van der Waals surface area contributed by atoms with E-state index in [1.807, 2.05) is 0 Å². The molecule has 1 aliphatic carbocycles. The Kier molecular flexibility index (Phi) is 4.23. The van der Waals surface area contributed by atoms with E-state index >= 15 is 0 Å². The van der Waals surface area contributed by atoms with Crippen molar-refractivity contribution in [2.45, 2.75) is 37.2 Å². The van der Waals surface area contributed by atoms with Crippen molar-refractivity contribution < 1.29 is 17.6 Å². The van der Waals surface area contributed by atoms with Crippen molar-refractivity contribution in [3.63, 3.8) is 0 Å². The lowest BCUT2D eigenvalue weighted by atomic mass is 10.1. The number of sulfonamides is 1. The van der Waals surface area contributed by atoms with E-state index in [4.69, 9.17) is 4.42 Å². The third-order valence-electron chi connectivity index (χ3n) is 3.67. The normalized spacial score (nSPS) is 14.7. The van der Waals surface area contributed by atoms with Gasteiger partial charge in [0.2, 0.25) is 10.0 Å². The number of amides is 1. The minimum Gasteiger partial charge on any atom is -0.467 e. The molecular formula is C16H18N2O4S. The number of rotatable bonds is 6. The minimum atomic E-state index is -3.58. The molecule has 1 aromatic heterocycles. The van der Waals surface area contributed by atoms with Crippen LogP contribution >= 0.6 is 0 Å². The summed E-state index contributed by atoms with van der Waals surface area (Å²) in [5.74, 6) is 0.303. The maximum Gasteiger partial charge on any atom is 0.251 e. The van der Waals surface area contributed by atoms with Crippen molar-refractivity contribution in [1.82, 2.24) is 10.0 Å². The van der Waals surface area contributed by atoms with E-state index in [-0.39, 0.29) is 23.4 Å². The fourth-order valence-corrected chi connectivity index (χ4v) is 3.51. The number of carbonyl (C=O) groups is 1. The minimum absolute atomic E-state index is 0.0255. The molecule has 0 radical (unpaired) electrons. The van der Waals surface area contributed by atoms with Crippen LogP contribution in [0.3, 0.4) is 0 Å². The molecule has 7 heteroatoms. The van der Waals surface area contributed by atoms with Gasteiger partial charge >= 0.3 is 0 Å². The van der Waals surface area contributed by atoms with Crippen LogP contribution < -0.4 is 10.0 Å². The second-order valence-corrected chi connectivity index (χ2v) is 7.35. The molecule has 1 saturated carbocycles. The van der Waals surface area contributed by atoms with Gasteiger partial charge in [0.1, 0.15) is 5.76 Å². The van der Waals surface area contributed by atoms with Gasteiger partial charge in [0.25, 0.3) is 5.91 Å². The fraction of sp³-hybridized carbons (Fsp3) is 0.312. The second-order valence-electron chi connectivity index (χ2n) is 5.63. The molecular weight excluding hydrogens is 316 g/mol. The molecule has 0 bridgehead atoms. The number of carbonyl (C=O) groups excluding carboxylic acids is 1. The highest BCUT2D eigenvalue weighted by molar-refractivity contribution is 7.89.